The first-order chi connectivity index (χ1) is 7.86. The van der Waals surface area contributed by atoms with Crippen LogP contribution in [-0.4, -0.2) is 24.6 Å². The van der Waals surface area contributed by atoms with Crippen molar-refractivity contribution in [1.82, 2.24) is 5.32 Å². The molecule has 88 valence electrons. The van der Waals surface area contributed by atoms with Crippen molar-refractivity contribution < 1.29 is 0 Å². The van der Waals surface area contributed by atoms with Gasteiger partial charge in [0.1, 0.15) is 0 Å². The van der Waals surface area contributed by atoms with Crippen LogP contribution >= 0.6 is 11.8 Å². The van der Waals surface area contributed by atoms with Crippen LogP contribution in [0.4, 0.5) is 0 Å². The molecule has 1 aromatic rings. The van der Waals surface area contributed by atoms with Crippen LogP contribution in [-0.2, 0) is 0 Å². The lowest BCUT2D eigenvalue weighted by atomic mass is 10.2. The Hall–Kier alpha value is -0.730. The van der Waals surface area contributed by atoms with Crippen molar-refractivity contribution in [3.63, 3.8) is 0 Å². The van der Waals surface area contributed by atoms with Crippen LogP contribution in [0.5, 0.6) is 0 Å². The minimum absolute atomic E-state index is 0.635. The van der Waals surface area contributed by atoms with Crippen LogP contribution < -0.4 is 5.32 Å². The maximum atomic E-state index is 3.53. The molecule has 0 bridgehead atoms. The Morgan fingerprint density at radius 1 is 1.31 bits per heavy atom. The molecule has 0 spiro atoms. The Morgan fingerprint density at radius 2 is 2.06 bits per heavy atom. The van der Waals surface area contributed by atoms with Gasteiger partial charge in [-0.2, -0.15) is 11.8 Å². The molecule has 0 aliphatic carbocycles. The minimum Gasteiger partial charge on any atom is -0.310 e. The predicted molar refractivity (Wildman–Crippen MR) is 75.9 cm³/mol. The third-order valence-corrected chi connectivity index (χ3v) is 3.23. The van der Waals surface area contributed by atoms with Gasteiger partial charge >= 0.3 is 0 Å². The Labute approximate surface area is 103 Å². The summed E-state index contributed by atoms with van der Waals surface area (Å²) in [6.07, 6.45) is 7.71. The highest BCUT2D eigenvalue weighted by atomic mass is 32.2. The molecule has 0 aromatic heterocycles. The number of hydrogen-bond acceptors (Lipinski definition) is 2. The molecule has 0 heterocycles. The fourth-order valence-corrected chi connectivity index (χ4v) is 2.27. The summed E-state index contributed by atoms with van der Waals surface area (Å²) in [6.45, 7) is 3.18. The first kappa shape index (κ1) is 13.3. The summed E-state index contributed by atoms with van der Waals surface area (Å²) in [4.78, 5) is 0. The van der Waals surface area contributed by atoms with Crippen LogP contribution in [0.15, 0.2) is 36.4 Å². The lowest BCUT2D eigenvalue weighted by Gasteiger charge is -2.13. The van der Waals surface area contributed by atoms with Crippen molar-refractivity contribution in [2.75, 3.05) is 18.6 Å². The van der Waals surface area contributed by atoms with Gasteiger partial charge in [-0.15, -0.1) is 0 Å². The predicted octanol–water partition coefficient (Wildman–Crippen LogP) is 3.43. The largest absolute Gasteiger partial charge is 0.310 e. The highest BCUT2D eigenvalue weighted by Crippen LogP contribution is 2.02. The first-order valence-electron chi connectivity index (χ1n) is 5.80. The fourth-order valence-electron chi connectivity index (χ4n) is 1.52. The SMILES string of the molecule is CCC(CSC)NC/C=C/c1ccccc1. The summed E-state index contributed by atoms with van der Waals surface area (Å²) >= 11 is 1.90. The molecule has 0 radical (unpaired) electrons. The van der Waals surface area contributed by atoms with E-state index in [1.165, 1.54) is 17.7 Å². The van der Waals surface area contributed by atoms with Gasteiger partial charge in [-0.1, -0.05) is 49.4 Å². The number of rotatable bonds is 7. The normalized spacial score (nSPS) is 13.1. The summed E-state index contributed by atoms with van der Waals surface area (Å²) in [6, 6.07) is 11.0. The maximum absolute atomic E-state index is 3.53. The van der Waals surface area contributed by atoms with Crippen molar-refractivity contribution in [3.05, 3.63) is 42.0 Å². The lowest BCUT2D eigenvalue weighted by Crippen LogP contribution is -2.30. The molecule has 2 heteroatoms. The van der Waals surface area contributed by atoms with Gasteiger partial charge in [-0.3, -0.25) is 0 Å². The fraction of sp³-hybridized carbons (Fsp3) is 0.429. The molecular formula is C14H21NS. The van der Waals surface area contributed by atoms with E-state index in [9.17, 15) is 0 Å². The molecule has 16 heavy (non-hydrogen) atoms. The monoisotopic (exact) mass is 235 g/mol. The molecule has 1 aromatic carbocycles. The topological polar surface area (TPSA) is 12.0 Å². The molecule has 1 atom stereocenters. The second-order valence-electron chi connectivity index (χ2n) is 3.78. The zero-order valence-electron chi connectivity index (χ0n) is 10.1. The molecule has 1 N–H and O–H groups in total. The second-order valence-corrected chi connectivity index (χ2v) is 4.69. The molecule has 1 nitrogen and oxygen atoms in total. The summed E-state index contributed by atoms with van der Waals surface area (Å²) in [5, 5.41) is 3.53. The van der Waals surface area contributed by atoms with Gasteiger partial charge in [0.2, 0.25) is 0 Å². The van der Waals surface area contributed by atoms with Crippen molar-refractivity contribution in [1.29, 1.82) is 0 Å². The van der Waals surface area contributed by atoms with E-state index in [1.54, 1.807) is 0 Å². The Balaban J connectivity index is 2.26. The summed E-state index contributed by atoms with van der Waals surface area (Å²) in [7, 11) is 0. The number of hydrogen-bond donors (Lipinski definition) is 1. The van der Waals surface area contributed by atoms with Crippen LogP contribution in [0.2, 0.25) is 0 Å². The average Bonchev–Trinajstić information content (AvgIpc) is 2.34. The first-order valence-corrected chi connectivity index (χ1v) is 7.20. The van der Waals surface area contributed by atoms with E-state index in [-0.39, 0.29) is 0 Å². The van der Waals surface area contributed by atoms with Gasteiger partial charge < -0.3 is 5.32 Å². The van der Waals surface area contributed by atoms with Gasteiger partial charge in [-0.25, -0.2) is 0 Å². The van der Waals surface area contributed by atoms with Gasteiger partial charge in [0.05, 0.1) is 0 Å². The molecule has 0 amide bonds. The molecule has 0 aliphatic heterocycles. The summed E-state index contributed by atoms with van der Waals surface area (Å²) in [5.41, 5.74) is 1.27. The average molecular weight is 235 g/mol. The van der Waals surface area contributed by atoms with Crippen LogP contribution in [0.1, 0.15) is 18.9 Å². The quantitative estimate of drug-likeness (QED) is 0.777. The zero-order valence-corrected chi connectivity index (χ0v) is 11.0. The third kappa shape index (κ3) is 5.38. The molecule has 0 saturated heterocycles. The Bertz CT molecular complexity index is 295. The second kappa shape index (κ2) is 8.43. The number of nitrogens with one attached hydrogen (secondary N) is 1. The van der Waals surface area contributed by atoms with E-state index in [2.05, 4.69) is 54.9 Å². The molecule has 1 unspecified atom stereocenters. The molecule has 0 aliphatic rings. The van der Waals surface area contributed by atoms with E-state index in [4.69, 9.17) is 0 Å². The molecular weight excluding hydrogens is 214 g/mol. The molecule has 0 saturated carbocycles. The highest BCUT2D eigenvalue weighted by molar-refractivity contribution is 7.98. The Morgan fingerprint density at radius 3 is 2.69 bits per heavy atom. The van der Waals surface area contributed by atoms with E-state index >= 15 is 0 Å². The number of benzene rings is 1. The summed E-state index contributed by atoms with van der Waals surface area (Å²) < 4.78 is 0. The zero-order chi connectivity index (χ0) is 11.6. The van der Waals surface area contributed by atoms with Crippen molar-refractivity contribution in [3.8, 4) is 0 Å². The van der Waals surface area contributed by atoms with Gasteiger partial charge in [0.25, 0.3) is 0 Å². The van der Waals surface area contributed by atoms with E-state index in [0.29, 0.717) is 6.04 Å². The van der Waals surface area contributed by atoms with E-state index in [0.717, 1.165) is 6.54 Å². The van der Waals surface area contributed by atoms with Crippen LogP contribution in [0, 0.1) is 0 Å². The Kier molecular flexibility index (Phi) is 7.02. The van der Waals surface area contributed by atoms with Crippen LogP contribution in [0.25, 0.3) is 6.08 Å². The van der Waals surface area contributed by atoms with E-state index < -0.39 is 0 Å². The van der Waals surface area contributed by atoms with Gasteiger partial charge in [-0.05, 0) is 18.2 Å². The van der Waals surface area contributed by atoms with Gasteiger partial charge in [0, 0.05) is 18.3 Å². The smallest absolute Gasteiger partial charge is 0.0158 e. The maximum Gasteiger partial charge on any atom is 0.0158 e. The van der Waals surface area contributed by atoms with Gasteiger partial charge in [0.15, 0.2) is 0 Å². The molecule has 0 fully saturated rings. The molecule has 1 rings (SSSR count). The lowest BCUT2D eigenvalue weighted by molar-refractivity contribution is 0.576. The van der Waals surface area contributed by atoms with Crippen LogP contribution in [0.3, 0.4) is 0 Å². The summed E-state index contributed by atoms with van der Waals surface area (Å²) in [5.74, 6) is 1.19. The third-order valence-electron chi connectivity index (χ3n) is 2.49. The number of thioether (sulfide) groups is 1. The standard InChI is InChI=1S/C14H21NS/c1-3-14(12-16-2)15-11-7-10-13-8-5-4-6-9-13/h4-10,14-15H,3,11-12H2,1-2H3/b10-7+. The van der Waals surface area contributed by atoms with Crippen molar-refractivity contribution in [2.24, 2.45) is 0 Å². The van der Waals surface area contributed by atoms with E-state index in [1.807, 2.05) is 17.8 Å². The van der Waals surface area contributed by atoms with Crippen molar-refractivity contribution in [2.45, 2.75) is 19.4 Å². The minimum atomic E-state index is 0.635. The highest BCUT2D eigenvalue weighted by Gasteiger charge is 2.01. The van der Waals surface area contributed by atoms with Crippen molar-refractivity contribution >= 4 is 17.8 Å².